The van der Waals surface area contributed by atoms with Crippen molar-refractivity contribution < 1.29 is 14.8 Å². The van der Waals surface area contributed by atoms with Gasteiger partial charge in [-0.15, -0.1) is 0 Å². The SMILES string of the molecule is C=CCO/C(=C/C(=C)[N+](=O)[O-])C(=C)O.CC. The van der Waals surface area contributed by atoms with Gasteiger partial charge in [0.1, 0.15) is 6.61 Å². The summed E-state index contributed by atoms with van der Waals surface area (Å²) in [4.78, 5) is 9.51. The van der Waals surface area contributed by atoms with Crippen LogP contribution in [0.4, 0.5) is 0 Å². The van der Waals surface area contributed by atoms with E-state index in [0.717, 1.165) is 6.08 Å². The van der Waals surface area contributed by atoms with Crippen LogP contribution in [-0.4, -0.2) is 16.6 Å². The van der Waals surface area contributed by atoms with E-state index in [1.54, 1.807) is 0 Å². The zero-order chi connectivity index (χ0) is 13.1. The lowest BCUT2D eigenvalue weighted by Gasteiger charge is -2.05. The van der Waals surface area contributed by atoms with E-state index in [9.17, 15) is 10.1 Å². The van der Waals surface area contributed by atoms with Gasteiger partial charge in [0.2, 0.25) is 0 Å². The van der Waals surface area contributed by atoms with Gasteiger partial charge in [0.15, 0.2) is 11.5 Å². The summed E-state index contributed by atoms with van der Waals surface area (Å²) < 4.78 is 4.90. The number of nitrogens with zero attached hydrogens (tertiary/aromatic N) is 1. The summed E-state index contributed by atoms with van der Waals surface area (Å²) in [6.07, 6.45) is 2.43. The Balaban J connectivity index is 0. The van der Waals surface area contributed by atoms with E-state index in [0.29, 0.717) is 0 Å². The first kappa shape index (κ1) is 16.4. The molecule has 0 aromatic rings. The maximum absolute atomic E-state index is 10.2. The highest BCUT2D eigenvalue weighted by Crippen LogP contribution is 2.09. The molecular formula is C11H17NO4. The number of ether oxygens (including phenoxy) is 1. The van der Waals surface area contributed by atoms with Crippen LogP contribution in [0.5, 0.6) is 0 Å². The fourth-order valence-electron chi connectivity index (χ4n) is 0.561. The first-order valence-corrected chi connectivity index (χ1v) is 4.66. The number of nitro groups is 1. The molecule has 0 saturated carbocycles. The highest BCUT2D eigenvalue weighted by molar-refractivity contribution is 5.23. The molecule has 0 aliphatic carbocycles. The molecular weight excluding hydrogens is 210 g/mol. The summed E-state index contributed by atoms with van der Waals surface area (Å²) in [6, 6.07) is 0. The highest BCUT2D eigenvalue weighted by atomic mass is 16.6. The lowest BCUT2D eigenvalue weighted by Crippen LogP contribution is -2.00. The second-order valence-corrected chi connectivity index (χ2v) is 2.30. The summed E-state index contributed by atoms with van der Waals surface area (Å²) >= 11 is 0. The number of allylic oxidation sites excluding steroid dienone is 1. The van der Waals surface area contributed by atoms with Gasteiger partial charge in [0, 0.05) is 0 Å². The number of aliphatic hydroxyl groups excluding tert-OH is 1. The maximum Gasteiger partial charge on any atom is 0.266 e. The normalized spacial score (nSPS) is 9.50. The average Bonchev–Trinajstić information content (AvgIpc) is 2.26. The summed E-state index contributed by atoms with van der Waals surface area (Å²) in [5.74, 6) is -0.485. The van der Waals surface area contributed by atoms with Crippen molar-refractivity contribution in [2.75, 3.05) is 6.61 Å². The van der Waals surface area contributed by atoms with Gasteiger partial charge in [-0.05, 0) is 6.58 Å². The van der Waals surface area contributed by atoms with Crippen molar-refractivity contribution in [3.63, 3.8) is 0 Å². The standard InChI is InChI=1S/C9H11NO4.C2H6/c1-4-5-14-9(8(3)11)6-7(2)10(12)13;1-2/h4,6,11H,1-3,5H2;1-2H3/b9-6+;. The molecule has 0 aromatic heterocycles. The molecule has 5 nitrogen and oxygen atoms in total. The predicted molar refractivity (Wildman–Crippen MR) is 63.5 cm³/mol. The molecule has 0 radical (unpaired) electrons. The van der Waals surface area contributed by atoms with E-state index < -0.39 is 10.7 Å². The van der Waals surface area contributed by atoms with Crippen LogP contribution >= 0.6 is 0 Å². The molecule has 1 N–H and O–H groups in total. The molecule has 0 saturated heterocycles. The quantitative estimate of drug-likeness (QED) is 0.249. The summed E-state index contributed by atoms with van der Waals surface area (Å²) in [6.45, 7) is 13.8. The number of aliphatic hydroxyl groups is 1. The van der Waals surface area contributed by atoms with Crippen molar-refractivity contribution in [2.45, 2.75) is 13.8 Å². The van der Waals surface area contributed by atoms with Crippen molar-refractivity contribution in [1.82, 2.24) is 0 Å². The molecule has 5 heteroatoms. The molecule has 0 aliphatic heterocycles. The zero-order valence-electron chi connectivity index (χ0n) is 9.60. The number of hydrogen-bond donors (Lipinski definition) is 1. The Hall–Kier alpha value is -2.04. The fraction of sp³-hybridized carbons (Fsp3) is 0.273. The topological polar surface area (TPSA) is 72.6 Å². The second kappa shape index (κ2) is 9.51. The number of hydrogen-bond acceptors (Lipinski definition) is 4. The Kier molecular flexibility index (Phi) is 9.75. The van der Waals surface area contributed by atoms with E-state index in [-0.39, 0.29) is 18.1 Å². The molecule has 0 aliphatic rings. The lowest BCUT2D eigenvalue weighted by atomic mass is 10.3. The molecule has 0 bridgehead atoms. The molecule has 90 valence electrons. The van der Waals surface area contributed by atoms with Gasteiger partial charge >= 0.3 is 0 Å². The largest absolute Gasteiger partial charge is 0.505 e. The van der Waals surface area contributed by atoms with Crippen molar-refractivity contribution in [1.29, 1.82) is 0 Å². The van der Waals surface area contributed by atoms with Crippen LogP contribution in [0, 0.1) is 10.1 Å². The second-order valence-electron chi connectivity index (χ2n) is 2.30. The molecule has 0 aromatic carbocycles. The van der Waals surface area contributed by atoms with Crippen molar-refractivity contribution in [2.24, 2.45) is 0 Å². The minimum Gasteiger partial charge on any atom is -0.505 e. The van der Waals surface area contributed by atoms with Gasteiger partial charge in [-0.3, -0.25) is 10.1 Å². The monoisotopic (exact) mass is 227 g/mol. The third-order valence-corrected chi connectivity index (χ3v) is 1.17. The third-order valence-electron chi connectivity index (χ3n) is 1.17. The van der Waals surface area contributed by atoms with Crippen LogP contribution in [0.1, 0.15) is 13.8 Å². The predicted octanol–water partition coefficient (Wildman–Crippen LogP) is 2.96. The Labute approximate surface area is 95.2 Å². The minimum absolute atomic E-state index is 0.0911. The Bertz CT molecular complexity index is 305. The van der Waals surface area contributed by atoms with E-state index in [1.807, 2.05) is 13.8 Å². The van der Waals surface area contributed by atoms with Crippen LogP contribution in [0.25, 0.3) is 0 Å². The molecule has 16 heavy (non-hydrogen) atoms. The van der Waals surface area contributed by atoms with Gasteiger partial charge < -0.3 is 9.84 Å². The molecule has 0 fully saturated rings. The van der Waals surface area contributed by atoms with E-state index in [1.165, 1.54) is 6.08 Å². The van der Waals surface area contributed by atoms with E-state index >= 15 is 0 Å². The van der Waals surface area contributed by atoms with Gasteiger partial charge in [-0.2, -0.15) is 0 Å². The molecule has 0 heterocycles. The molecule has 0 spiro atoms. The Morgan fingerprint density at radius 2 is 2.00 bits per heavy atom. The van der Waals surface area contributed by atoms with Crippen LogP contribution in [-0.2, 0) is 4.74 Å². The molecule has 0 atom stereocenters. The smallest absolute Gasteiger partial charge is 0.266 e. The van der Waals surface area contributed by atoms with Gasteiger partial charge in [-0.1, -0.05) is 33.1 Å². The van der Waals surface area contributed by atoms with Crippen LogP contribution < -0.4 is 0 Å². The zero-order valence-corrected chi connectivity index (χ0v) is 9.60. The summed E-state index contributed by atoms with van der Waals surface area (Å²) in [5.41, 5.74) is -0.390. The van der Waals surface area contributed by atoms with Crippen molar-refractivity contribution >= 4 is 0 Å². The minimum atomic E-state index is -0.694. The van der Waals surface area contributed by atoms with Crippen molar-refractivity contribution in [3.8, 4) is 0 Å². The van der Waals surface area contributed by atoms with Crippen LogP contribution in [0.15, 0.2) is 49.1 Å². The molecule has 0 rings (SSSR count). The Morgan fingerprint density at radius 1 is 1.50 bits per heavy atom. The molecule has 0 amide bonds. The van der Waals surface area contributed by atoms with Crippen molar-refractivity contribution in [3.05, 3.63) is 59.2 Å². The Morgan fingerprint density at radius 3 is 2.31 bits per heavy atom. The van der Waals surface area contributed by atoms with Crippen LogP contribution in [0.2, 0.25) is 0 Å². The first-order chi connectivity index (χ1) is 7.49. The average molecular weight is 227 g/mol. The number of rotatable bonds is 6. The van der Waals surface area contributed by atoms with E-state index in [4.69, 9.17) is 9.84 Å². The first-order valence-electron chi connectivity index (χ1n) is 4.66. The lowest BCUT2D eigenvalue weighted by molar-refractivity contribution is -0.418. The van der Waals surface area contributed by atoms with Crippen LogP contribution in [0.3, 0.4) is 0 Å². The third kappa shape index (κ3) is 7.37. The van der Waals surface area contributed by atoms with Gasteiger partial charge in [0.25, 0.3) is 5.70 Å². The van der Waals surface area contributed by atoms with Gasteiger partial charge in [0.05, 0.1) is 11.0 Å². The fourth-order valence-corrected chi connectivity index (χ4v) is 0.561. The van der Waals surface area contributed by atoms with E-state index in [2.05, 4.69) is 19.7 Å². The summed E-state index contributed by atoms with van der Waals surface area (Å²) in [7, 11) is 0. The summed E-state index contributed by atoms with van der Waals surface area (Å²) in [5, 5.41) is 19.2. The molecule has 0 unspecified atom stereocenters. The highest BCUT2D eigenvalue weighted by Gasteiger charge is 2.08. The van der Waals surface area contributed by atoms with Gasteiger partial charge in [-0.25, -0.2) is 0 Å². The maximum atomic E-state index is 10.2.